The van der Waals surface area contributed by atoms with Gasteiger partial charge < -0.3 is 10.2 Å². The zero-order valence-electron chi connectivity index (χ0n) is 8.27. The minimum Gasteiger partial charge on any atom is -0.464 e. The normalized spacial score (nSPS) is 13.1. The summed E-state index contributed by atoms with van der Waals surface area (Å²) in [5.74, 6) is 1.62. The highest BCUT2D eigenvalue weighted by Gasteiger charge is 2.14. The highest BCUT2D eigenvalue weighted by atomic mass is 16.3. The van der Waals surface area contributed by atoms with Crippen LogP contribution in [-0.2, 0) is 7.05 Å². The lowest BCUT2D eigenvalue weighted by Gasteiger charge is -2.04. The first-order valence-electron chi connectivity index (χ1n) is 4.48. The number of furan rings is 1. The van der Waals surface area contributed by atoms with Crippen molar-refractivity contribution in [2.24, 2.45) is 12.8 Å². The van der Waals surface area contributed by atoms with Crippen molar-refractivity contribution in [3.05, 3.63) is 41.6 Å². The zero-order valence-corrected chi connectivity index (χ0v) is 8.27. The summed E-state index contributed by atoms with van der Waals surface area (Å²) in [7, 11) is 1.86. The average molecular weight is 191 g/mol. The van der Waals surface area contributed by atoms with Crippen molar-refractivity contribution in [1.82, 2.24) is 9.78 Å². The van der Waals surface area contributed by atoms with Gasteiger partial charge in [-0.25, -0.2) is 0 Å². The van der Waals surface area contributed by atoms with Crippen LogP contribution in [0.15, 0.2) is 28.8 Å². The van der Waals surface area contributed by atoms with Crippen LogP contribution in [0, 0.1) is 6.92 Å². The summed E-state index contributed by atoms with van der Waals surface area (Å²) in [5, 5.41) is 4.23. The molecule has 0 radical (unpaired) electrons. The lowest BCUT2D eigenvalue weighted by Crippen LogP contribution is -2.11. The molecule has 14 heavy (non-hydrogen) atoms. The van der Waals surface area contributed by atoms with Crippen molar-refractivity contribution >= 4 is 0 Å². The molecule has 2 rings (SSSR count). The number of aryl methyl sites for hydroxylation is 2. The first kappa shape index (κ1) is 9.02. The van der Waals surface area contributed by atoms with E-state index < -0.39 is 0 Å². The number of nitrogens with zero attached hydrogens (tertiary/aromatic N) is 2. The minimum absolute atomic E-state index is 0.273. The van der Waals surface area contributed by atoms with Crippen molar-refractivity contribution in [2.75, 3.05) is 0 Å². The standard InChI is InChI=1S/C10H13N3O/c1-7-3-4-9(14-7)10(11)8-5-6-13(2)12-8/h3-6,10H,11H2,1-2H3. The average Bonchev–Trinajstić information content (AvgIpc) is 2.73. The van der Waals surface area contributed by atoms with Crippen LogP contribution in [-0.4, -0.2) is 9.78 Å². The SMILES string of the molecule is Cc1ccc(C(N)c2ccn(C)n2)o1. The lowest BCUT2D eigenvalue weighted by molar-refractivity contribution is 0.462. The van der Waals surface area contributed by atoms with E-state index in [0.29, 0.717) is 0 Å². The van der Waals surface area contributed by atoms with Gasteiger partial charge in [0.05, 0.1) is 5.69 Å². The molecule has 2 heterocycles. The number of aromatic nitrogens is 2. The van der Waals surface area contributed by atoms with Crippen LogP contribution in [0.1, 0.15) is 23.3 Å². The third-order valence-electron chi connectivity index (χ3n) is 2.12. The predicted molar refractivity (Wildman–Crippen MR) is 52.7 cm³/mol. The van der Waals surface area contributed by atoms with Gasteiger partial charge in [-0.2, -0.15) is 5.10 Å². The van der Waals surface area contributed by atoms with Gasteiger partial charge in [-0.1, -0.05) is 0 Å². The Labute approximate surface area is 82.3 Å². The number of hydrogen-bond acceptors (Lipinski definition) is 3. The second kappa shape index (κ2) is 3.31. The van der Waals surface area contributed by atoms with Crippen molar-refractivity contribution in [3.63, 3.8) is 0 Å². The Morgan fingerprint density at radius 2 is 2.21 bits per heavy atom. The Hall–Kier alpha value is -1.55. The Balaban J connectivity index is 2.28. The third kappa shape index (κ3) is 1.56. The Kier molecular flexibility index (Phi) is 2.13. The van der Waals surface area contributed by atoms with E-state index in [1.54, 1.807) is 4.68 Å². The van der Waals surface area contributed by atoms with Crippen LogP contribution >= 0.6 is 0 Å². The van der Waals surface area contributed by atoms with Gasteiger partial charge in [-0.05, 0) is 25.1 Å². The summed E-state index contributed by atoms with van der Waals surface area (Å²) in [6, 6.07) is 5.40. The fourth-order valence-electron chi connectivity index (χ4n) is 1.37. The molecule has 2 aromatic rings. The van der Waals surface area contributed by atoms with Crippen LogP contribution in [0.2, 0.25) is 0 Å². The van der Waals surface area contributed by atoms with Crippen LogP contribution in [0.5, 0.6) is 0 Å². The molecule has 1 unspecified atom stereocenters. The van der Waals surface area contributed by atoms with Crippen molar-refractivity contribution in [3.8, 4) is 0 Å². The van der Waals surface area contributed by atoms with Crippen LogP contribution in [0.25, 0.3) is 0 Å². The van der Waals surface area contributed by atoms with E-state index in [-0.39, 0.29) is 6.04 Å². The van der Waals surface area contributed by atoms with Gasteiger partial charge in [-0.15, -0.1) is 0 Å². The molecule has 4 nitrogen and oxygen atoms in total. The van der Waals surface area contributed by atoms with Gasteiger partial charge in [0.1, 0.15) is 17.6 Å². The van der Waals surface area contributed by atoms with E-state index >= 15 is 0 Å². The van der Waals surface area contributed by atoms with Crippen LogP contribution in [0.4, 0.5) is 0 Å². The molecule has 1 atom stereocenters. The van der Waals surface area contributed by atoms with E-state index in [2.05, 4.69) is 5.10 Å². The fraction of sp³-hybridized carbons (Fsp3) is 0.300. The van der Waals surface area contributed by atoms with Gasteiger partial charge in [0.25, 0.3) is 0 Å². The first-order valence-corrected chi connectivity index (χ1v) is 4.48. The molecule has 0 aliphatic rings. The van der Waals surface area contributed by atoms with Gasteiger partial charge >= 0.3 is 0 Å². The van der Waals surface area contributed by atoms with Gasteiger partial charge in [0.15, 0.2) is 0 Å². The smallest absolute Gasteiger partial charge is 0.127 e. The monoisotopic (exact) mass is 191 g/mol. The molecular weight excluding hydrogens is 178 g/mol. The summed E-state index contributed by atoms with van der Waals surface area (Å²) in [4.78, 5) is 0. The molecule has 2 aromatic heterocycles. The van der Waals surface area contributed by atoms with E-state index in [0.717, 1.165) is 17.2 Å². The summed E-state index contributed by atoms with van der Waals surface area (Å²) in [6.07, 6.45) is 1.87. The Morgan fingerprint density at radius 3 is 2.71 bits per heavy atom. The van der Waals surface area contributed by atoms with E-state index in [1.807, 2.05) is 38.4 Å². The molecule has 0 amide bonds. The molecule has 0 fully saturated rings. The predicted octanol–water partition coefficient (Wildman–Crippen LogP) is 1.37. The molecular formula is C10H13N3O. The summed E-state index contributed by atoms with van der Waals surface area (Å²) in [6.45, 7) is 1.90. The molecule has 0 saturated carbocycles. The van der Waals surface area contributed by atoms with E-state index in [1.165, 1.54) is 0 Å². The van der Waals surface area contributed by atoms with Crippen molar-refractivity contribution in [1.29, 1.82) is 0 Å². The number of rotatable bonds is 2. The molecule has 0 aliphatic heterocycles. The maximum atomic E-state index is 5.97. The van der Waals surface area contributed by atoms with Gasteiger partial charge in [-0.3, -0.25) is 4.68 Å². The Morgan fingerprint density at radius 1 is 1.43 bits per heavy atom. The summed E-state index contributed by atoms with van der Waals surface area (Å²) < 4.78 is 7.16. The topological polar surface area (TPSA) is 57.0 Å². The highest BCUT2D eigenvalue weighted by molar-refractivity contribution is 5.19. The van der Waals surface area contributed by atoms with Crippen molar-refractivity contribution in [2.45, 2.75) is 13.0 Å². The molecule has 0 aliphatic carbocycles. The van der Waals surface area contributed by atoms with Crippen LogP contribution < -0.4 is 5.73 Å². The molecule has 0 spiro atoms. The highest BCUT2D eigenvalue weighted by Crippen LogP contribution is 2.19. The number of hydrogen-bond donors (Lipinski definition) is 1. The molecule has 2 N–H and O–H groups in total. The maximum Gasteiger partial charge on any atom is 0.127 e. The zero-order chi connectivity index (χ0) is 10.1. The first-order chi connectivity index (χ1) is 6.66. The van der Waals surface area contributed by atoms with E-state index in [9.17, 15) is 0 Å². The molecule has 0 bridgehead atoms. The van der Waals surface area contributed by atoms with E-state index in [4.69, 9.17) is 10.2 Å². The quantitative estimate of drug-likeness (QED) is 0.780. The summed E-state index contributed by atoms with van der Waals surface area (Å²) >= 11 is 0. The minimum atomic E-state index is -0.273. The van der Waals surface area contributed by atoms with Crippen molar-refractivity contribution < 1.29 is 4.42 Å². The molecule has 0 aromatic carbocycles. The Bertz CT molecular complexity index is 390. The fourth-order valence-corrected chi connectivity index (χ4v) is 1.37. The van der Waals surface area contributed by atoms with Gasteiger partial charge in [0, 0.05) is 13.2 Å². The lowest BCUT2D eigenvalue weighted by atomic mass is 10.2. The van der Waals surface area contributed by atoms with Gasteiger partial charge in [0.2, 0.25) is 0 Å². The van der Waals surface area contributed by atoms with Crippen LogP contribution in [0.3, 0.4) is 0 Å². The second-order valence-corrected chi connectivity index (χ2v) is 3.34. The number of nitrogens with two attached hydrogens (primary N) is 1. The molecule has 4 heteroatoms. The second-order valence-electron chi connectivity index (χ2n) is 3.34. The molecule has 0 saturated heterocycles. The summed E-state index contributed by atoms with van der Waals surface area (Å²) in [5.41, 5.74) is 6.79. The maximum absolute atomic E-state index is 5.97. The third-order valence-corrected chi connectivity index (χ3v) is 2.12. The largest absolute Gasteiger partial charge is 0.464 e. The molecule has 74 valence electrons.